The van der Waals surface area contributed by atoms with Crippen LogP contribution in [0.1, 0.15) is 48.5 Å². The van der Waals surface area contributed by atoms with Crippen LogP contribution in [0, 0.1) is 0 Å². The molecule has 1 aromatic rings. The number of amides is 1. The number of carbonyl (C=O) groups excluding carboxylic acids is 1. The first-order chi connectivity index (χ1) is 9.54. The fourth-order valence-corrected chi connectivity index (χ4v) is 1.98. The number of carbonyl (C=O) groups is 2. The quantitative estimate of drug-likeness (QED) is 0.794. The van der Waals surface area contributed by atoms with Crippen molar-refractivity contribution in [3.8, 4) is 0 Å². The van der Waals surface area contributed by atoms with Crippen LogP contribution >= 0.6 is 0 Å². The van der Waals surface area contributed by atoms with E-state index >= 15 is 0 Å². The lowest BCUT2D eigenvalue weighted by atomic mass is 10.1. The van der Waals surface area contributed by atoms with Crippen molar-refractivity contribution < 1.29 is 14.7 Å². The molecular weight excluding hydrogens is 254 g/mol. The van der Waals surface area contributed by atoms with Crippen molar-refractivity contribution in [3.05, 3.63) is 35.4 Å². The number of carboxylic acids is 1. The molecule has 0 radical (unpaired) electrons. The van der Waals surface area contributed by atoms with Crippen molar-refractivity contribution >= 4 is 11.9 Å². The van der Waals surface area contributed by atoms with Crippen molar-refractivity contribution in [2.24, 2.45) is 0 Å². The third-order valence-electron chi connectivity index (χ3n) is 3.25. The SMILES string of the molecule is CCCCc1ccc(C(=O)N(C)CCCC(=O)O)cc1. The highest BCUT2D eigenvalue weighted by atomic mass is 16.4. The van der Waals surface area contributed by atoms with Crippen LogP contribution < -0.4 is 0 Å². The molecule has 0 aromatic heterocycles. The highest BCUT2D eigenvalue weighted by molar-refractivity contribution is 5.94. The van der Waals surface area contributed by atoms with Crippen molar-refractivity contribution in [3.63, 3.8) is 0 Å². The number of aliphatic carboxylic acids is 1. The van der Waals surface area contributed by atoms with E-state index < -0.39 is 5.97 Å². The summed E-state index contributed by atoms with van der Waals surface area (Å²) in [5.41, 5.74) is 1.90. The van der Waals surface area contributed by atoms with Crippen molar-refractivity contribution in [1.29, 1.82) is 0 Å². The molecule has 0 fully saturated rings. The highest BCUT2D eigenvalue weighted by Gasteiger charge is 2.11. The Morgan fingerprint density at radius 2 is 1.80 bits per heavy atom. The molecule has 0 bridgehead atoms. The van der Waals surface area contributed by atoms with Gasteiger partial charge in [-0.1, -0.05) is 25.5 Å². The summed E-state index contributed by atoms with van der Waals surface area (Å²) >= 11 is 0. The fraction of sp³-hybridized carbons (Fsp3) is 0.500. The molecule has 0 unspecified atom stereocenters. The number of benzene rings is 1. The Labute approximate surface area is 120 Å². The van der Waals surface area contributed by atoms with Crippen molar-refractivity contribution in [2.75, 3.05) is 13.6 Å². The average molecular weight is 277 g/mol. The minimum Gasteiger partial charge on any atom is -0.481 e. The van der Waals surface area contributed by atoms with Gasteiger partial charge < -0.3 is 10.0 Å². The molecule has 0 saturated carbocycles. The van der Waals surface area contributed by atoms with Crippen LogP contribution in [-0.2, 0) is 11.2 Å². The molecule has 4 nitrogen and oxygen atoms in total. The van der Waals surface area contributed by atoms with E-state index in [1.807, 2.05) is 24.3 Å². The molecule has 0 atom stereocenters. The number of carboxylic acid groups (broad SMARTS) is 1. The van der Waals surface area contributed by atoms with Gasteiger partial charge in [-0.2, -0.15) is 0 Å². The maximum atomic E-state index is 12.1. The molecule has 0 aliphatic rings. The maximum Gasteiger partial charge on any atom is 0.303 e. The monoisotopic (exact) mass is 277 g/mol. The van der Waals surface area contributed by atoms with Crippen LogP contribution in [0.3, 0.4) is 0 Å². The van der Waals surface area contributed by atoms with Gasteiger partial charge >= 0.3 is 5.97 Å². The number of rotatable bonds is 8. The second-order valence-electron chi connectivity index (χ2n) is 5.02. The van der Waals surface area contributed by atoms with Gasteiger partial charge in [0, 0.05) is 25.6 Å². The van der Waals surface area contributed by atoms with E-state index in [0.717, 1.165) is 19.3 Å². The lowest BCUT2D eigenvalue weighted by Gasteiger charge is -2.16. The Morgan fingerprint density at radius 1 is 1.15 bits per heavy atom. The third-order valence-corrected chi connectivity index (χ3v) is 3.25. The van der Waals surface area contributed by atoms with Gasteiger partial charge in [-0.25, -0.2) is 0 Å². The molecule has 0 aliphatic heterocycles. The molecule has 0 heterocycles. The summed E-state index contributed by atoms with van der Waals surface area (Å²) in [4.78, 5) is 24.1. The van der Waals surface area contributed by atoms with E-state index in [-0.39, 0.29) is 12.3 Å². The van der Waals surface area contributed by atoms with Gasteiger partial charge in [-0.3, -0.25) is 9.59 Å². The Bertz CT molecular complexity index is 440. The van der Waals surface area contributed by atoms with Crippen LogP contribution in [0.25, 0.3) is 0 Å². The summed E-state index contributed by atoms with van der Waals surface area (Å²) in [6, 6.07) is 7.68. The van der Waals surface area contributed by atoms with Crippen LogP contribution in [0.5, 0.6) is 0 Å². The maximum absolute atomic E-state index is 12.1. The van der Waals surface area contributed by atoms with Gasteiger partial charge in [0.1, 0.15) is 0 Å². The summed E-state index contributed by atoms with van der Waals surface area (Å²) in [6.07, 6.45) is 3.93. The molecule has 0 aliphatic carbocycles. The van der Waals surface area contributed by atoms with E-state index in [9.17, 15) is 9.59 Å². The minimum absolute atomic E-state index is 0.0579. The first-order valence-corrected chi connectivity index (χ1v) is 7.10. The first-order valence-electron chi connectivity index (χ1n) is 7.10. The second kappa shape index (κ2) is 8.35. The normalized spacial score (nSPS) is 10.3. The first kappa shape index (κ1) is 16.2. The van der Waals surface area contributed by atoms with Crippen molar-refractivity contribution in [1.82, 2.24) is 4.90 Å². The minimum atomic E-state index is -0.828. The van der Waals surface area contributed by atoms with E-state index in [1.165, 1.54) is 5.56 Å². The molecule has 1 rings (SSSR count). The Morgan fingerprint density at radius 3 is 2.35 bits per heavy atom. The summed E-state index contributed by atoms with van der Waals surface area (Å²) in [5, 5.41) is 8.58. The molecule has 20 heavy (non-hydrogen) atoms. The predicted molar refractivity (Wildman–Crippen MR) is 78.9 cm³/mol. The fourth-order valence-electron chi connectivity index (χ4n) is 1.98. The van der Waals surface area contributed by atoms with Crippen LogP contribution in [0.4, 0.5) is 0 Å². The summed E-state index contributed by atoms with van der Waals surface area (Å²) in [5.74, 6) is -0.886. The molecule has 0 spiro atoms. The van der Waals surface area contributed by atoms with Gasteiger partial charge in [0.25, 0.3) is 5.91 Å². The Hall–Kier alpha value is -1.84. The molecule has 0 saturated heterocycles. The topological polar surface area (TPSA) is 57.6 Å². The number of aryl methyl sites for hydroxylation is 1. The zero-order valence-electron chi connectivity index (χ0n) is 12.3. The zero-order valence-corrected chi connectivity index (χ0v) is 12.3. The molecule has 1 N–H and O–H groups in total. The van der Waals surface area contributed by atoms with Gasteiger partial charge in [0.15, 0.2) is 0 Å². The standard InChI is InChI=1S/C16H23NO3/c1-3-4-6-13-8-10-14(11-9-13)16(20)17(2)12-5-7-15(18)19/h8-11H,3-7,12H2,1-2H3,(H,18,19). The van der Waals surface area contributed by atoms with Gasteiger partial charge in [-0.15, -0.1) is 0 Å². The number of nitrogens with zero attached hydrogens (tertiary/aromatic N) is 1. The Kier molecular flexibility index (Phi) is 6.77. The molecule has 1 aromatic carbocycles. The van der Waals surface area contributed by atoms with E-state index in [1.54, 1.807) is 11.9 Å². The van der Waals surface area contributed by atoms with Gasteiger partial charge in [0.05, 0.1) is 0 Å². The highest BCUT2D eigenvalue weighted by Crippen LogP contribution is 2.10. The van der Waals surface area contributed by atoms with E-state index in [2.05, 4.69) is 6.92 Å². The van der Waals surface area contributed by atoms with Crippen LogP contribution in [-0.4, -0.2) is 35.5 Å². The molecule has 1 amide bonds. The lowest BCUT2D eigenvalue weighted by Crippen LogP contribution is -2.28. The zero-order chi connectivity index (χ0) is 15.0. The summed E-state index contributed by atoms with van der Waals surface area (Å²) in [6.45, 7) is 2.62. The Balaban J connectivity index is 2.51. The number of hydrogen-bond donors (Lipinski definition) is 1. The third kappa shape index (κ3) is 5.43. The van der Waals surface area contributed by atoms with E-state index in [4.69, 9.17) is 5.11 Å². The van der Waals surface area contributed by atoms with Gasteiger partial charge in [0.2, 0.25) is 0 Å². The second-order valence-corrected chi connectivity index (χ2v) is 5.02. The number of hydrogen-bond acceptors (Lipinski definition) is 2. The summed E-state index contributed by atoms with van der Waals surface area (Å²) in [7, 11) is 1.70. The van der Waals surface area contributed by atoms with Crippen molar-refractivity contribution in [2.45, 2.75) is 39.0 Å². The average Bonchev–Trinajstić information content (AvgIpc) is 2.44. The van der Waals surface area contributed by atoms with Crippen LogP contribution in [0.2, 0.25) is 0 Å². The lowest BCUT2D eigenvalue weighted by molar-refractivity contribution is -0.137. The molecule has 4 heteroatoms. The van der Waals surface area contributed by atoms with Crippen LogP contribution in [0.15, 0.2) is 24.3 Å². The van der Waals surface area contributed by atoms with Gasteiger partial charge in [-0.05, 0) is 37.0 Å². The largest absolute Gasteiger partial charge is 0.481 e. The smallest absolute Gasteiger partial charge is 0.303 e. The molecule has 110 valence electrons. The number of unbranched alkanes of at least 4 members (excludes halogenated alkanes) is 1. The van der Waals surface area contributed by atoms with E-state index in [0.29, 0.717) is 18.5 Å². The summed E-state index contributed by atoms with van der Waals surface area (Å²) < 4.78 is 0. The predicted octanol–water partition coefficient (Wildman–Crippen LogP) is 2.97. The molecular formula is C16H23NO3.